The van der Waals surface area contributed by atoms with Gasteiger partial charge in [0.1, 0.15) is 18.0 Å². The van der Waals surface area contributed by atoms with Gasteiger partial charge in [-0.05, 0) is 31.4 Å². The van der Waals surface area contributed by atoms with Gasteiger partial charge < -0.3 is 24.8 Å². The van der Waals surface area contributed by atoms with E-state index in [1.165, 1.54) is 13.2 Å². The lowest BCUT2D eigenvalue weighted by molar-refractivity contribution is -0.126. The zero-order valence-electron chi connectivity index (χ0n) is 16.2. The third-order valence-corrected chi connectivity index (χ3v) is 7.24. The number of ketones is 1. The molecule has 5 atom stereocenters. The predicted octanol–water partition coefficient (Wildman–Crippen LogP) is 0.894. The average Bonchev–Trinajstić information content (AvgIpc) is 3.13. The first-order chi connectivity index (χ1) is 13.3. The Morgan fingerprint density at radius 1 is 1.39 bits per heavy atom. The van der Waals surface area contributed by atoms with Crippen molar-refractivity contribution in [1.29, 1.82) is 0 Å². The molecule has 0 saturated carbocycles. The third-order valence-electron chi connectivity index (χ3n) is 7.24. The fourth-order valence-electron chi connectivity index (χ4n) is 5.81. The normalized spacial score (nSPS) is 38.0. The molecule has 5 unspecified atom stereocenters. The quantitative estimate of drug-likeness (QED) is 0.788. The summed E-state index contributed by atoms with van der Waals surface area (Å²) in [5.74, 6) is 0.285. The number of hydrogen-bond acceptors (Lipinski definition) is 6. The molecule has 148 valence electrons. The summed E-state index contributed by atoms with van der Waals surface area (Å²) in [6.45, 7) is 1.62. The smallest absolute Gasteiger partial charge is 0.239 e. The highest BCUT2D eigenvalue weighted by Crippen LogP contribution is 2.57. The van der Waals surface area contributed by atoms with Crippen LogP contribution in [0.2, 0.25) is 0 Å². The van der Waals surface area contributed by atoms with Crippen LogP contribution in [0.25, 0.3) is 0 Å². The zero-order chi connectivity index (χ0) is 19.8. The summed E-state index contributed by atoms with van der Waals surface area (Å²) in [6.07, 6.45) is 2.47. The van der Waals surface area contributed by atoms with Gasteiger partial charge in [-0.25, -0.2) is 0 Å². The molecule has 7 heteroatoms. The summed E-state index contributed by atoms with van der Waals surface area (Å²) in [5, 5.41) is 15.0. The van der Waals surface area contributed by atoms with E-state index in [1.54, 1.807) is 19.1 Å². The number of methoxy groups -OCH3 is 1. The van der Waals surface area contributed by atoms with Crippen LogP contribution in [0, 0.1) is 5.92 Å². The van der Waals surface area contributed by atoms with Gasteiger partial charge in [0, 0.05) is 36.7 Å². The molecular formula is C21H24N2O5. The van der Waals surface area contributed by atoms with Crippen molar-refractivity contribution in [3.8, 4) is 5.75 Å². The highest BCUT2D eigenvalue weighted by atomic mass is 16.5. The summed E-state index contributed by atoms with van der Waals surface area (Å²) in [7, 11) is 3.39. The van der Waals surface area contributed by atoms with Crippen LogP contribution in [0.5, 0.6) is 5.75 Å². The predicted molar refractivity (Wildman–Crippen MR) is 101 cm³/mol. The van der Waals surface area contributed by atoms with Gasteiger partial charge >= 0.3 is 0 Å². The van der Waals surface area contributed by atoms with Crippen LogP contribution in [0.4, 0.5) is 5.69 Å². The Kier molecular flexibility index (Phi) is 3.53. The Labute approximate surface area is 163 Å². The molecule has 0 aliphatic carbocycles. The monoisotopic (exact) mass is 384 g/mol. The molecule has 0 radical (unpaired) electrons. The van der Waals surface area contributed by atoms with Gasteiger partial charge in [0.05, 0.1) is 24.5 Å². The number of aliphatic hydroxyl groups is 1. The van der Waals surface area contributed by atoms with Crippen molar-refractivity contribution in [1.82, 2.24) is 5.32 Å². The minimum atomic E-state index is -1.20. The van der Waals surface area contributed by atoms with Gasteiger partial charge in [-0.2, -0.15) is 0 Å². The lowest BCUT2D eigenvalue weighted by Gasteiger charge is -2.47. The molecule has 2 saturated heterocycles. The van der Waals surface area contributed by atoms with Crippen molar-refractivity contribution in [2.24, 2.45) is 5.92 Å². The summed E-state index contributed by atoms with van der Waals surface area (Å²) in [4.78, 5) is 27.4. The molecule has 4 aliphatic heterocycles. The van der Waals surface area contributed by atoms with Gasteiger partial charge in [-0.15, -0.1) is 0 Å². The van der Waals surface area contributed by atoms with Crippen LogP contribution in [0.3, 0.4) is 0 Å². The highest BCUT2D eigenvalue weighted by molar-refractivity contribution is 6.09. The number of benzene rings is 1. The van der Waals surface area contributed by atoms with Crippen molar-refractivity contribution in [3.63, 3.8) is 0 Å². The standard InChI is InChI=1S/C21H24N2O5/c1-11(24)13-9-28-10-21(26)15(13)7-17-20(8-18(21)22-17)14-5-4-12(27-3)6-16(14)23(2)19(20)25/h4-6,9,15,17-18,22,26H,7-8,10H2,1-3H3. The molecule has 2 N–H and O–H groups in total. The van der Waals surface area contributed by atoms with Crippen molar-refractivity contribution < 1.29 is 24.2 Å². The number of piperidine rings is 1. The Bertz CT molecular complexity index is 927. The first kappa shape index (κ1) is 17.7. The second kappa shape index (κ2) is 5.58. The molecule has 1 amide bonds. The SMILES string of the molecule is COc1ccc2c(c1)N(C)C(=O)C21CC2NC1CC1C(C(C)=O)=COCC21O. The molecular weight excluding hydrogens is 360 g/mol. The number of rotatable bonds is 2. The number of Topliss-reactive ketones (excluding diaryl/α,β-unsaturated/α-hetero) is 1. The highest BCUT2D eigenvalue weighted by Gasteiger charge is 2.68. The third kappa shape index (κ3) is 1.96. The molecule has 1 aromatic carbocycles. The van der Waals surface area contributed by atoms with Crippen molar-refractivity contribution in [2.75, 3.05) is 25.7 Å². The Hall–Kier alpha value is -2.38. The maximum Gasteiger partial charge on any atom is 0.239 e. The number of amides is 1. The topological polar surface area (TPSA) is 88.1 Å². The molecule has 2 bridgehead atoms. The zero-order valence-corrected chi connectivity index (χ0v) is 16.2. The van der Waals surface area contributed by atoms with Crippen LogP contribution in [-0.4, -0.2) is 55.2 Å². The number of anilines is 1. The van der Waals surface area contributed by atoms with Gasteiger partial charge in [0.25, 0.3) is 0 Å². The van der Waals surface area contributed by atoms with Crippen molar-refractivity contribution in [3.05, 3.63) is 35.6 Å². The number of nitrogens with zero attached hydrogens (tertiary/aromatic N) is 1. The number of likely N-dealkylation sites (N-methyl/N-ethyl adjacent to an activating group) is 1. The van der Waals surface area contributed by atoms with Crippen LogP contribution in [-0.2, 0) is 19.7 Å². The molecule has 1 aromatic rings. The molecule has 28 heavy (non-hydrogen) atoms. The Morgan fingerprint density at radius 3 is 2.89 bits per heavy atom. The van der Waals surface area contributed by atoms with E-state index < -0.39 is 11.0 Å². The van der Waals surface area contributed by atoms with Crippen molar-refractivity contribution in [2.45, 2.75) is 42.9 Å². The fraction of sp³-hybridized carbons (Fsp3) is 0.524. The lowest BCUT2D eigenvalue weighted by Crippen LogP contribution is -2.64. The fourth-order valence-corrected chi connectivity index (χ4v) is 5.81. The summed E-state index contributed by atoms with van der Waals surface area (Å²) >= 11 is 0. The number of carbonyl (C=O) groups excluding carboxylic acids is 2. The van der Waals surface area contributed by atoms with Crippen LogP contribution in [0.15, 0.2) is 30.0 Å². The molecule has 4 aliphatic rings. The first-order valence-corrected chi connectivity index (χ1v) is 9.60. The van der Waals surface area contributed by atoms with Crippen molar-refractivity contribution >= 4 is 17.4 Å². The van der Waals surface area contributed by atoms with Gasteiger partial charge in [-0.3, -0.25) is 9.59 Å². The molecule has 5 rings (SSSR count). The average molecular weight is 384 g/mol. The maximum absolute atomic E-state index is 13.5. The second-order valence-electron chi connectivity index (χ2n) is 8.41. The summed E-state index contributed by atoms with van der Waals surface area (Å²) in [6, 6.07) is 5.24. The van der Waals surface area contributed by atoms with E-state index in [0.717, 1.165) is 11.3 Å². The maximum atomic E-state index is 13.5. The molecule has 0 aromatic heterocycles. The number of ether oxygens (including phenoxy) is 2. The first-order valence-electron chi connectivity index (χ1n) is 9.60. The van der Waals surface area contributed by atoms with E-state index >= 15 is 0 Å². The van der Waals surface area contributed by atoms with Gasteiger partial charge in [0.15, 0.2) is 5.78 Å². The second-order valence-corrected chi connectivity index (χ2v) is 8.41. The van der Waals surface area contributed by atoms with E-state index in [4.69, 9.17) is 9.47 Å². The molecule has 1 spiro atoms. The summed E-state index contributed by atoms with van der Waals surface area (Å²) in [5.41, 5.74) is 0.348. The van der Waals surface area contributed by atoms with Crippen LogP contribution < -0.4 is 15.0 Å². The number of nitrogens with one attached hydrogen (secondary N) is 1. The molecule has 7 nitrogen and oxygen atoms in total. The molecule has 4 heterocycles. The van der Waals surface area contributed by atoms with Gasteiger partial charge in [0.2, 0.25) is 5.91 Å². The van der Waals surface area contributed by atoms with Gasteiger partial charge in [-0.1, -0.05) is 6.07 Å². The van der Waals surface area contributed by atoms with E-state index in [9.17, 15) is 14.7 Å². The number of hydrogen-bond donors (Lipinski definition) is 2. The van der Waals surface area contributed by atoms with E-state index in [0.29, 0.717) is 24.2 Å². The Balaban J connectivity index is 1.63. The van der Waals surface area contributed by atoms with Crippen LogP contribution in [0.1, 0.15) is 25.3 Å². The largest absolute Gasteiger partial charge is 0.498 e. The van der Waals surface area contributed by atoms with E-state index in [-0.39, 0.29) is 36.3 Å². The van der Waals surface area contributed by atoms with Crippen LogP contribution >= 0.6 is 0 Å². The number of fused-ring (bicyclic) bond motifs is 7. The minimum Gasteiger partial charge on any atom is -0.498 e. The van der Waals surface area contributed by atoms with E-state index in [1.807, 2.05) is 18.2 Å². The van der Waals surface area contributed by atoms with E-state index in [2.05, 4.69) is 5.32 Å². The lowest BCUT2D eigenvalue weighted by atomic mass is 9.70. The Morgan fingerprint density at radius 2 is 2.18 bits per heavy atom. The summed E-state index contributed by atoms with van der Waals surface area (Å²) < 4.78 is 10.8. The molecule has 2 fully saturated rings. The number of carbonyl (C=O) groups is 2. The minimum absolute atomic E-state index is 0.0206.